The molecular formula is C19H20F5N3O2. The van der Waals surface area contributed by atoms with Crippen molar-refractivity contribution in [2.45, 2.75) is 19.7 Å². The Bertz CT molecular complexity index is 854. The van der Waals surface area contributed by atoms with Crippen LogP contribution in [0.3, 0.4) is 0 Å². The number of anilines is 3. The van der Waals surface area contributed by atoms with Crippen molar-refractivity contribution in [1.29, 1.82) is 0 Å². The topological polar surface area (TPSA) is 53.6 Å². The summed E-state index contributed by atoms with van der Waals surface area (Å²) in [7, 11) is 3.10. The Labute approximate surface area is 164 Å². The Morgan fingerprint density at radius 1 is 1.17 bits per heavy atom. The largest absolute Gasteiger partial charge is 0.573 e. The highest BCUT2D eigenvalue weighted by Crippen LogP contribution is 2.29. The zero-order valence-electron chi connectivity index (χ0n) is 15.9. The Morgan fingerprint density at radius 3 is 2.31 bits per heavy atom. The molecule has 0 unspecified atom stereocenters. The number of nitrogens with zero attached hydrogens (tertiary/aromatic N) is 1. The summed E-state index contributed by atoms with van der Waals surface area (Å²) in [5.41, 5.74) is 2.06. The third-order valence-corrected chi connectivity index (χ3v) is 4.03. The molecular weight excluding hydrogens is 397 g/mol. The molecule has 5 nitrogen and oxygen atoms in total. The number of aryl methyl sites for hydroxylation is 1. The highest BCUT2D eigenvalue weighted by atomic mass is 19.4. The van der Waals surface area contributed by atoms with Crippen LogP contribution in [-0.2, 0) is 0 Å². The lowest BCUT2D eigenvalue weighted by atomic mass is 10.1. The smallest absolute Gasteiger partial charge is 0.406 e. The SMILES string of the molecule is CNc1cc(C(=O)Nc2ccc(OC(F)(F)F)cc2)c(N(C)CC(F)F)cc1C. The Morgan fingerprint density at radius 2 is 1.79 bits per heavy atom. The lowest BCUT2D eigenvalue weighted by Gasteiger charge is -2.23. The van der Waals surface area contributed by atoms with Crippen LogP contribution in [0.5, 0.6) is 5.75 Å². The number of carbonyl (C=O) groups is 1. The van der Waals surface area contributed by atoms with Crippen molar-refractivity contribution in [2.24, 2.45) is 0 Å². The molecule has 0 radical (unpaired) electrons. The highest BCUT2D eigenvalue weighted by molar-refractivity contribution is 6.09. The highest BCUT2D eigenvalue weighted by Gasteiger charge is 2.31. The standard InChI is InChI=1S/C19H20F5N3O2/c1-11-8-16(27(3)10-17(20)21)14(9-15(11)25-2)18(28)26-12-4-6-13(7-5-12)29-19(22,23)24/h4-9,17,25H,10H2,1-3H3,(H,26,28). The fourth-order valence-electron chi connectivity index (χ4n) is 2.70. The van der Waals surface area contributed by atoms with Gasteiger partial charge in [-0.05, 0) is 48.9 Å². The van der Waals surface area contributed by atoms with Gasteiger partial charge in [0.15, 0.2) is 0 Å². The fourth-order valence-corrected chi connectivity index (χ4v) is 2.70. The van der Waals surface area contributed by atoms with Gasteiger partial charge in [-0.2, -0.15) is 0 Å². The number of benzene rings is 2. The maximum absolute atomic E-state index is 12.8. The minimum absolute atomic E-state index is 0.138. The maximum atomic E-state index is 12.8. The molecule has 0 heterocycles. The zero-order chi connectivity index (χ0) is 21.8. The Kier molecular flexibility index (Phi) is 6.89. The van der Waals surface area contributed by atoms with Gasteiger partial charge in [-0.15, -0.1) is 13.2 Å². The lowest BCUT2D eigenvalue weighted by molar-refractivity contribution is -0.274. The van der Waals surface area contributed by atoms with Crippen LogP contribution in [-0.4, -0.2) is 39.3 Å². The van der Waals surface area contributed by atoms with E-state index in [1.54, 1.807) is 20.0 Å². The molecule has 0 aliphatic carbocycles. The van der Waals surface area contributed by atoms with E-state index < -0.39 is 31.0 Å². The molecule has 2 aromatic rings. The van der Waals surface area contributed by atoms with Crippen LogP contribution in [0.15, 0.2) is 36.4 Å². The second-order valence-electron chi connectivity index (χ2n) is 6.23. The molecule has 0 spiro atoms. The lowest BCUT2D eigenvalue weighted by Crippen LogP contribution is -2.27. The summed E-state index contributed by atoms with van der Waals surface area (Å²) in [5.74, 6) is -1.03. The average molecular weight is 417 g/mol. The second-order valence-corrected chi connectivity index (χ2v) is 6.23. The van der Waals surface area contributed by atoms with Gasteiger partial charge in [-0.3, -0.25) is 4.79 Å². The number of alkyl halides is 5. The maximum Gasteiger partial charge on any atom is 0.573 e. The molecule has 0 aliphatic heterocycles. The van der Waals surface area contributed by atoms with Crippen molar-refractivity contribution in [2.75, 3.05) is 36.2 Å². The van der Waals surface area contributed by atoms with Crippen molar-refractivity contribution in [1.82, 2.24) is 0 Å². The molecule has 2 rings (SSSR count). The quantitative estimate of drug-likeness (QED) is 0.630. The van der Waals surface area contributed by atoms with Gasteiger partial charge in [0.2, 0.25) is 0 Å². The second kappa shape index (κ2) is 8.97. The number of halogens is 5. The number of nitrogens with one attached hydrogen (secondary N) is 2. The number of amides is 1. The molecule has 0 bridgehead atoms. The van der Waals surface area contributed by atoms with Crippen molar-refractivity contribution in [3.63, 3.8) is 0 Å². The average Bonchev–Trinajstić information content (AvgIpc) is 2.61. The van der Waals surface area contributed by atoms with Crippen molar-refractivity contribution < 1.29 is 31.5 Å². The minimum atomic E-state index is -4.82. The molecule has 158 valence electrons. The Balaban J connectivity index is 2.29. The van der Waals surface area contributed by atoms with Gasteiger partial charge in [0.05, 0.1) is 12.1 Å². The van der Waals surface area contributed by atoms with Crippen molar-refractivity contribution in [3.8, 4) is 5.75 Å². The number of hydrogen-bond acceptors (Lipinski definition) is 4. The van der Waals surface area contributed by atoms with Gasteiger partial charge in [-0.25, -0.2) is 8.78 Å². The number of carbonyl (C=O) groups excluding carboxylic acids is 1. The predicted octanol–water partition coefficient (Wildman–Crippen LogP) is 4.89. The summed E-state index contributed by atoms with van der Waals surface area (Å²) >= 11 is 0. The van der Waals surface area contributed by atoms with E-state index in [0.29, 0.717) is 11.4 Å². The number of ether oxygens (including phenoxy) is 1. The van der Waals surface area contributed by atoms with Gasteiger partial charge in [0.1, 0.15) is 5.75 Å². The van der Waals surface area contributed by atoms with Gasteiger partial charge in [0.25, 0.3) is 12.3 Å². The summed E-state index contributed by atoms with van der Waals surface area (Å²) in [6.45, 7) is 1.20. The van der Waals surface area contributed by atoms with Crippen LogP contribution in [0, 0.1) is 6.92 Å². The van der Waals surface area contributed by atoms with E-state index in [1.165, 1.54) is 30.1 Å². The van der Waals surface area contributed by atoms with Crippen LogP contribution in [0.4, 0.5) is 39.0 Å². The van der Waals surface area contributed by atoms with E-state index in [-0.39, 0.29) is 11.3 Å². The molecule has 2 N–H and O–H groups in total. The monoisotopic (exact) mass is 417 g/mol. The van der Waals surface area contributed by atoms with Crippen LogP contribution in [0.1, 0.15) is 15.9 Å². The van der Waals surface area contributed by atoms with E-state index in [9.17, 15) is 26.7 Å². The van der Waals surface area contributed by atoms with Crippen molar-refractivity contribution >= 4 is 23.0 Å². The normalized spacial score (nSPS) is 11.3. The van der Waals surface area contributed by atoms with Crippen molar-refractivity contribution in [3.05, 3.63) is 47.5 Å². The fraction of sp³-hybridized carbons (Fsp3) is 0.316. The van der Waals surface area contributed by atoms with E-state index in [1.807, 2.05) is 0 Å². The molecule has 1 amide bonds. The summed E-state index contributed by atoms with van der Waals surface area (Å²) < 4.78 is 66.1. The molecule has 0 saturated carbocycles. The van der Waals surface area contributed by atoms with E-state index in [4.69, 9.17) is 0 Å². The molecule has 10 heteroatoms. The summed E-state index contributed by atoms with van der Waals surface area (Å²) in [5, 5.41) is 5.47. The van der Waals surface area contributed by atoms with Crippen LogP contribution in [0.2, 0.25) is 0 Å². The molecule has 29 heavy (non-hydrogen) atoms. The van der Waals surface area contributed by atoms with Gasteiger partial charge >= 0.3 is 6.36 Å². The minimum Gasteiger partial charge on any atom is -0.406 e. The predicted molar refractivity (Wildman–Crippen MR) is 101 cm³/mol. The molecule has 0 atom stereocenters. The zero-order valence-corrected chi connectivity index (χ0v) is 15.9. The third-order valence-electron chi connectivity index (χ3n) is 4.03. The van der Waals surface area contributed by atoms with E-state index in [2.05, 4.69) is 15.4 Å². The van der Waals surface area contributed by atoms with Crippen LogP contribution in [0.25, 0.3) is 0 Å². The molecule has 0 fully saturated rings. The molecule has 0 aliphatic rings. The summed E-state index contributed by atoms with van der Waals surface area (Å²) in [4.78, 5) is 14.0. The first-order valence-electron chi connectivity index (χ1n) is 8.49. The van der Waals surface area contributed by atoms with Crippen LogP contribution < -0.4 is 20.3 Å². The van der Waals surface area contributed by atoms with Crippen LogP contribution >= 0.6 is 0 Å². The third kappa shape index (κ3) is 6.23. The van der Waals surface area contributed by atoms with Gasteiger partial charge < -0.3 is 20.3 Å². The summed E-state index contributed by atoms with van der Waals surface area (Å²) in [6, 6.07) is 7.75. The Hall–Kier alpha value is -3.04. The first-order chi connectivity index (χ1) is 13.5. The number of hydrogen-bond donors (Lipinski definition) is 2. The number of rotatable bonds is 7. The first-order valence-corrected chi connectivity index (χ1v) is 8.49. The van der Waals surface area contributed by atoms with Gasteiger partial charge in [0, 0.05) is 31.2 Å². The summed E-state index contributed by atoms with van der Waals surface area (Å²) in [6.07, 6.45) is -7.41. The van der Waals surface area contributed by atoms with E-state index in [0.717, 1.165) is 17.7 Å². The van der Waals surface area contributed by atoms with Gasteiger partial charge in [-0.1, -0.05) is 0 Å². The molecule has 2 aromatic carbocycles. The first kappa shape index (κ1) is 22.3. The molecule has 0 saturated heterocycles. The van der Waals surface area contributed by atoms with E-state index >= 15 is 0 Å². The molecule has 0 aromatic heterocycles.